The molecule has 1 aromatic carbocycles. The Bertz CT molecular complexity index is 567. The quantitative estimate of drug-likeness (QED) is 0.701. The largest absolute Gasteiger partial charge is 0.491 e. The number of aliphatic imine (C=N–C) groups is 1. The van der Waals surface area contributed by atoms with Crippen molar-refractivity contribution >= 4 is 5.96 Å². The molecule has 2 aliphatic rings. The van der Waals surface area contributed by atoms with E-state index in [1.807, 2.05) is 30.3 Å². The third kappa shape index (κ3) is 5.61. The molecule has 2 N–H and O–H groups in total. The Balaban J connectivity index is 1.33. The molecule has 2 unspecified atom stereocenters. The normalized spacial score (nSPS) is 19.5. The fourth-order valence-corrected chi connectivity index (χ4v) is 3.61. The van der Waals surface area contributed by atoms with E-state index in [2.05, 4.69) is 14.8 Å². The molecule has 0 saturated carbocycles. The number of guanidine groups is 1. The fourth-order valence-electron chi connectivity index (χ4n) is 3.61. The monoisotopic (exact) mass is 361 g/mol. The number of nitrogens with zero attached hydrogens (tertiary/aromatic N) is 3. The van der Waals surface area contributed by atoms with Gasteiger partial charge in [0, 0.05) is 32.7 Å². The van der Waals surface area contributed by atoms with Crippen molar-refractivity contribution < 1.29 is 14.9 Å². The van der Waals surface area contributed by atoms with Crippen LogP contribution in [0.1, 0.15) is 32.1 Å². The highest BCUT2D eigenvalue weighted by Gasteiger charge is 2.26. The van der Waals surface area contributed by atoms with Gasteiger partial charge in [-0.3, -0.25) is 4.99 Å². The summed E-state index contributed by atoms with van der Waals surface area (Å²) in [6, 6.07) is 9.52. The first kappa shape index (κ1) is 19.0. The molecule has 6 nitrogen and oxygen atoms in total. The molecule has 3 rings (SSSR count). The molecule has 1 aromatic rings. The van der Waals surface area contributed by atoms with E-state index in [0.717, 1.165) is 57.2 Å². The molecule has 0 spiro atoms. The Kier molecular flexibility index (Phi) is 7.14. The summed E-state index contributed by atoms with van der Waals surface area (Å²) in [4.78, 5) is 9.21. The standard InChI is InChI=1S/C20H31N3O3/c24-17(15-23-14-6-13-22-12-5-11-21-20(22)23)7-4-8-18(25)16-26-19-9-2-1-3-10-19/h1-3,9-10,17-18,24-25H,4-8,11-16H2. The second-order valence-electron chi connectivity index (χ2n) is 7.18. The zero-order valence-electron chi connectivity index (χ0n) is 15.5. The van der Waals surface area contributed by atoms with Crippen LogP contribution in [-0.2, 0) is 0 Å². The van der Waals surface area contributed by atoms with Gasteiger partial charge in [0.05, 0.1) is 12.2 Å². The van der Waals surface area contributed by atoms with Gasteiger partial charge in [-0.05, 0) is 44.2 Å². The van der Waals surface area contributed by atoms with Gasteiger partial charge in [0.2, 0.25) is 0 Å². The van der Waals surface area contributed by atoms with E-state index in [4.69, 9.17) is 4.74 Å². The van der Waals surface area contributed by atoms with Crippen LogP contribution in [0, 0.1) is 0 Å². The third-order valence-electron chi connectivity index (χ3n) is 4.95. The zero-order valence-corrected chi connectivity index (χ0v) is 15.5. The minimum absolute atomic E-state index is 0.290. The van der Waals surface area contributed by atoms with Crippen molar-refractivity contribution in [3.63, 3.8) is 0 Å². The molecule has 144 valence electrons. The summed E-state index contributed by atoms with van der Waals surface area (Å²) in [5, 5.41) is 20.4. The highest BCUT2D eigenvalue weighted by atomic mass is 16.5. The summed E-state index contributed by atoms with van der Waals surface area (Å²) in [6.45, 7) is 4.95. The van der Waals surface area contributed by atoms with Gasteiger partial charge in [-0.15, -0.1) is 0 Å². The number of benzene rings is 1. The maximum absolute atomic E-state index is 10.4. The highest BCUT2D eigenvalue weighted by Crippen LogP contribution is 2.16. The number of para-hydroxylation sites is 1. The zero-order chi connectivity index (χ0) is 18.2. The van der Waals surface area contributed by atoms with Gasteiger partial charge in [-0.2, -0.15) is 0 Å². The Hall–Kier alpha value is -1.79. The van der Waals surface area contributed by atoms with Crippen LogP contribution in [0.3, 0.4) is 0 Å². The van der Waals surface area contributed by atoms with Crippen LogP contribution in [0.15, 0.2) is 35.3 Å². The Labute approximate surface area is 156 Å². The molecule has 0 bridgehead atoms. The lowest BCUT2D eigenvalue weighted by Gasteiger charge is -2.41. The lowest BCUT2D eigenvalue weighted by atomic mass is 10.1. The fraction of sp³-hybridized carbons (Fsp3) is 0.650. The summed E-state index contributed by atoms with van der Waals surface area (Å²) >= 11 is 0. The number of aliphatic hydroxyl groups is 2. The SMILES string of the molecule is OC(CCCC(O)CN1CCCN2CCCN=C21)COc1ccccc1. The molecular weight excluding hydrogens is 330 g/mol. The number of fused-ring (bicyclic) bond motifs is 1. The lowest BCUT2D eigenvalue weighted by molar-refractivity contribution is 0.0834. The Morgan fingerprint density at radius 2 is 1.77 bits per heavy atom. The molecule has 2 heterocycles. The molecule has 0 aromatic heterocycles. The molecule has 0 radical (unpaired) electrons. The van der Waals surface area contributed by atoms with Gasteiger partial charge in [0.1, 0.15) is 12.4 Å². The van der Waals surface area contributed by atoms with E-state index in [0.29, 0.717) is 19.4 Å². The minimum atomic E-state index is -0.504. The first-order chi connectivity index (χ1) is 12.7. The maximum atomic E-state index is 10.4. The number of hydrogen-bond acceptors (Lipinski definition) is 6. The smallest absolute Gasteiger partial charge is 0.196 e. The molecule has 1 saturated heterocycles. The Morgan fingerprint density at radius 1 is 1.00 bits per heavy atom. The van der Waals surface area contributed by atoms with Crippen molar-refractivity contribution in [2.24, 2.45) is 4.99 Å². The summed E-state index contributed by atoms with van der Waals surface area (Å²) in [5.41, 5.74) is 0. The minimum Gasteiger partial charge on any atom is -0.491 e. The number of rotatable bonds is 9. The van der Waals surface area contributed by atoms with Crippen LogP contribution < -0.4 is 4.74 Å². The van der Waals surface area contributed by atoms with Crippen LogP contribution in [0.4, 0.5) is 0 Å². The number of ether oxygens (including phenoxy) is 1. The van der Waals surface area contributed by atoms with Crippen LogP contribution in [-0.4, -0.2) is 77.5 Å². The van der Waals surface area contributed by atoms with Gasteiger partial charge >= 0.3 is 0 Å². The first-order valence-corrected chi connectivity index (χ1v) is 9.80. The molecule has 0 amide bonds. The molecule has 6 heteroatoms. The van der Waals surface area contributed by atoms with Crippen molar-refractivity contribution in [2.45, 2.75) is 44.3 Å². The van der Waals surface area contributed by atoms with E-state index in [1.54, 1.807) is 0 Å². The second kappa shape index (κ2) is 9.78. The summed E-state index contributed by atoms with van der Waals surface area (Å²) in [7, 11) is 0. The highest BCUT2D eigenvalue weighted by molar-refractivity contribution is 5.81. The van der Waals surface area contributed by atoms with Crippen molar-refractivity contribution in [1.82, 2.24) is 9.80 Å². The number of hydrogen-bond donors (Lipinski definition) is 2. The van der Waals surface area contributed by atoms with E-state index in [9.17, 15) is 10.2 Å². The molecule has 1 fully saturated rings. The molecular formula is C20H31N3O3. The average molecular weight is 361 g/mol. The van der Waals surface area contributed by atoms with Crippen LogP contribution in [0.2, 0.25) is 0 Å². The summed E-state index contributed by atoms with van der Waals surface area (Å²) in [5.74, 6) is 1.84. The molecule has 0 aliphatic carbocycles. The van der Waals surface area contributed by atoms with Gasteiger partial charge in [0.15, 0.2) is 5.96 Å². The van der Waals surface area contributed by atoms with E-state index < -0.39 is 6.10 Å². The van der Waals surface area contributed by atoms with Gasteiger partial charge in [-0.25, -0.2) is 0 Å². The molecule has 2 atom stereocenters. The lowest BCUT2D eigenvalue weighted by Crippen LogP contribution is -2.54. The first-order valence-electron chi connectivity index (χ1n) is 9.80. The maximum Gasteiger partial charge on any atom is 0.196 e. The van der Waals surface area contributed by atoms with Gasteiger partial charge < -0.3 is 24.7 Å². The number of aliphatic hydroxyl groups excluding tert-OH is 2. The van der Waals surface area contributed by atoms with E-state index in [1.165, 1.54) is 0 Å². The van der Waals surface area contributed by atoms with Crippen molar-refractivity contribution in [3.05, 3.63) is 30.3 Å². The van der Waals surface area contributed by atoms with Crippen molar-refractivity contribution in [2.75, 3.05) is 39.3 Å². The van der Waals surface area contributed by atoms with Crippen molar-refractivity contribution in [1.29, 1.82) is 0 Å². The van der Waals surface area contributed by atoms with Gasteiger partial charge in [-0.1, -0.05) is 18.2 Å². The molecule has 26 heavy (non-hydrogen) atoms. The van der Waals surface area contributed by atoms with E-state index in [-0.39, 0.29) is 12.7 Å². The van der Waals surface area contributed by atoms with Gasteiger partial charge in [0.25, 0.3) is 0 Å². The third-order valence-corrected chi connectivity index (χ3v) is 4.95. The van der Waals surface area contributed by atoms with E-state index >= 15 is 0 Å². The number of β-amino-alcohol motifs (C(OH)–C–C–N with tert-alkyl or cyclic N) is 1. The molecule has 2 aliphatic heterocycles. The topological polar surface area (TPSA) is 68.5 Å². The van der Waals surface area contributed by atoms with Crippen molar-refractivity contribution in [3.8, 4) is 5.75 Å². The average Bonchev–Trinajstić information content (AvgIpc) is 2.67. The van der Waals surface area contributed by atoms with Crippen LogP contribution in [0.5, 0.6) is 5.75 Å². The summed E-state index contributed by atoms with van der Waals surface area (Å²) < 4.78 is 5.56. The predicted octanol–water partition coefficient (Wildman–Crippen LogP) is 1.72. The van der Waals surface area contributed by atoms with Crippen LogP contribution in [0.25, 0.3) is 0 Å². The predicted molar refractivity (Wildman–Crippen MR) is 102 cm³/mol. The van der Waals surface area contributed by atoms with Crippen LogP contribution >= 0.6 is 0 Å². The second-order valence-corrected chi connectivity index (χ2v) is 7.18. The summed E-state index contributed by atoms with van der Waals surface area (Å²) in [6.07, 6.45) is 3.47. The Morgan fingerprint density at radius 3 is 2.62 bits per heavy atom.